The largest absolute Gasteiger partial charge is 0.391 e. The van der Waals surface area contributed by atoms with Gasteiger partial charge in [0.2, 0.25) is 0 Å². The van der Waals surface area contributed by atoms with E-state index in [4.69, 9.17) is 11.6 Å². The zero-order chi connectivity index (χ0) is 7.11. The van der Waals surface area contributed by atoms with Gasteiger partial charge in [0, 0.05) is 12.7 Å². The maximum absolute atomic E-state index is 5.47. The first kappa shape index (κ1) is 9.18. The van der Waals surface area contributed by atoms with Crippen molar-refractivity contribution in [3.05, 3.63) is 11.1 Å². The van der Waals surface area contributed by atoms with Crippen LogP contribution in [0, 0.1) is 0 Å². The van der Waals surface area contributed by atoms with Gasteiger partial charge in [-0.2, -0.15) is 0 Å². The number of hydrogen-bond donors (Lipinski definition) is 1. The number of hydrogen-bond acceptors (Lipinski definition) is 2. The topological polar surface area (TPSA) is 12.0 Å². The summed E-state index contributed by atoms with van der Waals surface area (Å²) in [5.41, 5.74) is 0. The highest BCUT2D eigenvalue weighted by atomic mass is 35.5. The van der Waals surface area contributed by atoms with Crippen molar-refractivity contribution in [2.24, 2.45) is 0 Å². The van der Waals surface area contributed by atoms with Crippen LogP contribution in [0.2, 0.25) is 0 Å². The molecule has 3 heteroatoms. The van der Waals surface area contributed by atoms with Crippen LogP contribution in [0.4, 0.5) is 0 Å². The van der Waals surface area contributed by atoms with Gasteiger partial charge in [-0.05, 0) is 18.8 Å². The Kier molecular flexibility index (Phi) is 6.43. The van der Waals surface area contributed by atoms with Gasteiger partial charge in [-0.3, -0.25) is 0 Å². The summed E-state index contributed by atoms with van der Waals surface area (Å²) < 4.78 is 0. The Balaban J connectivity index is 3.30. The minimum atomic E-state index is 0.633. The lowest BCUT2D eigenvalue weighted by molar-refractivity contribution is 0.915. The Morgan fingerprint density at radius 2 is 2.44 bits per heavy atom. The van der Waals surface area contributed by atoms with Crippen LogP contribution in [0.25, 0.3) is 0 Å². The summed E-state index contributed by atoms with van der Waals surface area (Å²) in [7, 11) is 0. The highest BCUT2D eigenvalue weighted by molar-refractivity contribution is 8.04. The van der Waals surface area contributed by atoms with Crippen molar-refractivity contribution in [1.82, 2.24) is 5.32 Å². The van der Waals surface area contributed by atoms with Gasteiger partial charge in [0.15, 0.2) is 0 Å². The fraction of sp³-hybridized carbons (Fsp3) is 0.667. The maximum Gasteiger partial charge on any atom is 0.0724 e. The number of allylic oxidation sites excluding steroid dienone is 1. The molecule has 0 unspecified atom stereocenters. The molecule has 0 heterocycles. The second kappa shape index (κ2) is 6.30. The molecule has 0 spiro atoms. The van der Waals surface area contributed by atoms with E-state index in [2.05, 4.69) is 12.2 Å². The lowest BCUT2D eigenvalue weighted by atomic mass is 10.6. The summed E-state index contributed by atoms with van der Waals surface area (Å²) in [6, 6.07) is 0. The SMILES string of the molecule is CCN/C=C(/C)SCCl. The molecule has 0 aliphatic carbocycles. The molecule has 0 fully saturated rings. The fourth-order valence-corrected chi connectivity index (χ4v) is 1.23. The molecule has 0 rings (SSSR count). The molecule has 1 N–H and O–H groups in total. The van der Waals surface area contributed by atoms with Crippen molar-refractivity contribution < 1.29 is 0 Å². The van der Waals surface area contributed by atoms with Crippen LogP contribution < -0.4 is 5.32 Å². The van der Waals surface area contributed by atoms with E-state index in [9.17, 15) is 0 Å². The van der Waals surface area contributed by atoms with Crippen molar-refractivity contribution in [2.45, 2.75) is 13.8 Å². The summed E-state index contributed by atoms with van der Waals surface area (Å²) in [6.07, 6.45) is 1.98. The van der Waals surface area contributed by atoms with Gasteiger partial charge in [-0.15, -0.1) is 23.4 Å². The van der Waals surface area contributed by atoms with Gasteiger partial charge < -0.3 is 5.32 Å². The summed E-state index contributed by atoms with van der Waals surface area (Å²) in [6.45, 7) is 5.07. The minimum absolute atomic E-state index is 0.633. The molecule has 9 heavy (non-hydrogen) atoms. The quantitative estimate of drug-likeness (QED) is 0.643. The molecule has 0 aliphatic heterocycles. The van der Waals surface area contributed by atoms with E-state index >= 15 is 0 Å². The average molecular weight is 166 g/mol. The molecule has 0 aliphatic rings. The smallest absolute Gasteiger partial charge is 0.0724 e. The van der Waals surface area contributed by atoms with Crippen molar-refractivity contribution in [3.8, 4) is 0 Å². The Labute approximate surface area is 65.9 Å². The molecule has 0 saturated carbocycles. The monoisotopic (exact) mass is 165 g/mol. The zero-order valence-corrected chi connectivity index (χ0v) is 7.35. The Hall–Kier alpha value is 0.180. The third kappa shape index (κ3) is 6.06. The standard InChI is InChI=1S/C6H12ClNS/c1-3-8-4-6(2)9-5-7/h4,8H,3,5H2,1-2H3/b6-4-. The molecule has 0 aromatic heterocycles. The predicted octanol–water partition coefficient (Wildman–Crippen LogP) is 2.39. The second-order valence-corrected chi connectivity index (χ2v) is 3.37. The van der Waals surface area contributed by atoms with E-state index < -0.39 is 0 Å². The molecule has 0 amide bonds. The number of nitrogens with one attached hydrogen (secondary N) is 1. The van der Waals surface area contributed by atoms with E-state index in [0.29, 0.717) is 5.21 Å². The highest BCUT2D eigenvalue weighted by Crippen LogP contribution is 2.13. The molecule has 1 nitrogen and oxygen atoms in total. The van der Waals surface area contributed by atoms with Crippen LogP contribution in [0.15, 0.2) is 11.1 Å². The number of rotatable bonds is 4. The predicted molar refractivity (Wildman–Crippen MR) is 45.7 cm³/mol. The summed E-state index contributed by atoms with van der Waals surface area (Å²) in [5, 5.41) is 3.72. The molecule has 0 atom stereocenters. The van der Waals surface area contributed by atoms with Crippen LogP contribution in [0.5, 0.6) is 0 Å². The normalized spacial score (nSPS) is 11.7. The second-order valence-electron chi connectivity index (χ2n) is 1.57. The van der Waals surface area contributed by atoms with Crippen molar-refractivity contribution >= 4 is 23.4 Å². The molecular formula is C6H12ClNS. The third-order valence-electron chi connectivity index (χ3n) is 0.792. The first-order valence-corrected chi connectivity index (χ1v) is 4.42. The summed E-state index contributed by atoms with van der Waals surface area (Å²) in [5.74, 6) is 0. The summed E-state index contributed by atoms with van der Waals surface area (Å²) in [4.78, 5) is 1.23. The van der Waals surface area contributed by atoms with E-state index in [1.165, 1.54) is 4.91 Å². The molecule has 0 radical (unpaired) electrons. The van der Waals surface area contributed by atoms with Crippen LogP contribution >= 0.6 is 23.4 Å². The molecule has 0 saturated heterocycles. The number of thioether (sulfide) groups is 1. The first-order chi connectivity index (χ1) is 4.31. The van der Waals surface area contributed by atoms with Crippen LogP contribution in [0.1, 0.15) is 13.8 Å². The molecule has 54 valence electrons. The van der Waals surface area contributed by atoms with Gasteiger partial charge in [-0.1, -0.05) is 0 Å². The third-order valence-corrected chi connectivity index (χ3v) is 1.80. The average Bonchev–Trinajstić information content (AvgIpc) is 1.85. The van der Waals surface area contributed by atoms with Crippen LogP contribution in [-0.2, 0) is 0 Å². The number of alkyl halides is 1. The van der Waals surface area contributed by atoms with E-state index in [-0.39, 0.29) is 0 Å². The zero-order valence-electron chi connectivity index (χ0n) is 5.78. The molecule has 0 aromatic carbocycles. The molecular weight excluding hydrogens is 154 g/mol. The minimum Gasteiger partial charge on any atom is -0.391 e. The van der Waals surface area contributed by atoms with Gasteiger partial charge in [0.05, 0.1) is 5.21 Å². The Bertz CT molecular complexity index is 93.1. The van der Waals surface area contributed by atoms with E-state index in [1.807, 2.05) is 13.1 Å². The summed E-state index contributed by atoms with van der Waals surface area (Å²) >= 11 is 7.10. The van der Waals surface area contributed by atoms with Gasteiger partial charge >= 0.3 is 0 Å². The van der Waals surface area contributed by atoms with E-state index in [0.717, 1.165) is 6.54 Å². The van der Waals surface area contributed by atoms with Gasteiger partial charge in [0.25, 0.3) is 0 Å². The van der Waals surface area contributed by atoms with Gasteiger partial charge in [-0.25, -0.2) is 0 Å². The Morgan fingerprint density at radius 3 is 2.89 bits per heavy atom. The maximum atomic E-state index is 5.47. The first-order valence-electron chi connectivity index (χ1n) is 2.90. The van der Waals surface area contributed by atoms with Gasteiger partial charge in [0.1, 0.15) is 0 Å². The van der Waals surface area contributed by atoms with Crippen LogP contribution in [0.3, 0.4) is 0 Å². The molecule has 0 bridgehead atoms. The van der Waals surface area contributed by atoms with Crippen LogP contribution in [-0.4, -0.2) is 11.8 Å². The highest BCUT2D eigenvalue weighted by Gasteiger charge is 1.84. The van der Waals surface area contributed by atoms with Crippen molar-refractivity contribution in [3.63, 3.8) is 0 Å². The lowest BCUT2D eigenvalue weighted by Gasteiger charge is -1.96. The van der Waals surface area contributed by atoms with Crippen molar-refractivity contribution in [2.75, 3.05) is 11.8 Å². The number of halogens is 1. The fourth-order valence-electron chi connectivity index (χ4n) is 0.374. The lowest BCUT2D eigenvalue weighted by Crippen LogP contribution is -2.02. The van der Waals surface area contributed by atoms with Crippen molar-refractivity contribution in [1.29, 1.82) is 0 Å². The molecule has 0 aromatic rings. The Morgan fingerprint density at radius 1 is 1.78 bits per heavy atom. The van der Waals surface area contributed by atoms with E-state index in [1.54, 1.807) is 11.8 Å².